The van der Waals surface area contributed by atoms with Gasteiger partial charge in [-0.05, 0) is 43.7 Å². The molecule has 3 nitrogen and oxygen atoms in total. The molecule has 0 fully saturated rings. The standard InChI is InChI=1S/C16H16N2OS/c1-3-19-11-7-8-13-14(9-11)20-16(18-13)15-10(2)5-4-6-12(15)17/h4-9H,3,17H2,1-2H3. The minimum Gasteiger partial charge on any atom is -0.494 e. The number of rotatable bonds is 3. The molecule has 0 radical (unpaired) electrons. The monoisotopic (exact) mass is 284 g/mol. The maximum absolute atomic E-state index is 6.09. The molecule has 0 unspecified atom stereocenters. The molecule has 0 saturated heterocycles. The van der Waals surface area contributed by atoms with E-state index < -0.39 is 0 Å². The van der Waals surface area contributed by atoms with E-state index in [0.29, 0.717) is 6.61 Å². The van der Waals surface area contributed by atoms with Crippen LogP contribution in [0.5, 0.6) is 5.75 Å². The van der Waals surface area contributed by atoms with Crippen molar-refractivity contribution in [2.24, 2.45) is 0 Å². The third-order valence-electron chi connectivity index (χ3n) is 3.19. The molecule has 3 aromatic rings. The fourth-order valence-electron chi connectivity index (χ4n) is 2.25. The number of fused-ring (bicyclic) bond motifs is 1. The van der Waals surface area contributed by atoms with E-state index in [0.717, 1.165) is 37.8 Å². The lowest BCUT2D eigenvalue weighted by atomic mass is 10.1. The van der Waals surface area contributed by atoms with Crippen molar-refractivity contribution in [1.82, 2.24) is 4.98 Å². The van der Waals surface area contributed by atoms with Crippen molar-refractivity contribution in [3.63, 3.8) is 0 Å². The van der Waals surface area contributed by atoms with Gasteiger partial charge in [-0.15, -0.1) is 11.3 Å². The fraction of sp³-hybridized carbons (Fsp3) is 0.188. The quantitative estimate of drug-likeness (QED) is 0.731. The van der Waals surface area contributed by atoms with Crippen LogP contribution in [0, 0.1) is 6.92 Å². The Kier molecular flexibility index (Phi) is 3.32. The zero-order chi connectivity index (χ0) is 14.1. The average Bonchev–Trinajstić information content (AvgIpc) is 2.81. The molecule has 1 heterocycles. The number of anilines is 1. The third-order valence-corrected chi connectivity index (χ3v) is 4.23. The number of nitrogens with zero attached hydrogens (tertiary/aromatic N) is 1. The molecule has 0 atom stereocenters. The molecule has 20 heavy (non-hydrogen) atoms. The van der Waals surface area contributed by atoms with Crippen molar-refractivity contribution >= 4 is 27.2 Å². The van der Waals surface area contributed by atoms with Crippen LogP contribution in [0.2, 0.25) is 0 Å². The lowest BCUT2D eigenvalue weighted by Gasteiger charge is -2.05. The highest BCUT2D eigenvalue weighted by Gasteiger charge is 2.12. The topological polar surface area (TPSA) is 48.1 Å². The molecule has 1 aromatic heterocycles. The van der Waals surface area contributed by atoms with E-state index in [2.05, 4.69) is 18.0 Å². The van der Waals surface area contributed by atoms with Gasteiger partial charge in [0.15, 0.2) is 0 Å². The summed E-state index contributed by atoms with van der Waals surface area (Å²) >= 11 is 1.65. The Balaban J connectivity index is 2.13. The molecule has 3 rings (SSSR count). The lowest BCUT2D eigenvalue weighted by Crippen LogP contribution is -1.91. The van der Waals surface area contributed by atoms with Crippen LogP contribution in [0.3, 0.4) is 0 Å². The summed E-state index contributed by atoms with van der Waals surface area (Å²) in [6.07, 6.45) is 0. The Morgan fingerprint density at radius 1 is 1.25 bits per heavy atom. The molecule has 0 amide bonds. The SMILES string of the molecule is CCOc1ccc2nc(-c3c(C)cccc3N)sc2c1. The van der Waals surface area contributed by atoms with Gasteiger partial charge < -0.3 is 10.5 Å². The van der Waals surface area contributed by atoms with Gasteiger partial charge >= 0.3 is 0 Å². The lowest BCUT2D eigenvalue weighted by molar-refractivity contribution is 0.341. The smallest absolute Gasteiger partial charge is 0.126 e. The molecule has 2 N–H and O–H groups in total. The number of ether oxygens (including phenoxy) is 1. The molecule has 0 bridgehead atoms. The fourth-order valence-corrected chi connectivity index (χ4v) is 3.38. The third kappa shape index (κ3) is 2.23. The highest BCUT2D eigenvalue weighted by Crippen LogP contribution is 2.36. The summed E-state index contributed by atoms with van der Waals surface area (Å²) in [5.41, 5.74) is 10.0. The number of aryl methyl sites for hydroxylation is 1. The Hall–Kier alpha value is -2.07. The van der Waals surface area contributed by atoms with E-state index in [1.165, 1.54) is 0 Å². The van der Waals surface area contributed by atoms with Crippen LogP contribution < -0.4 is 10.5 Å². The molecule has 0 saturated carbocycles. The number of thiazole rings is 1. The van der Waals surface area contributed by atoms with Crippen LogP contribution in [-0.2, 0) is 0 Å². The zero-order valence-corrected chi connectivity index (χ0v) is 12.3. The van der Waals surface area contributed by atoms with Crippen LogP contribution in [0.15, 0.2) is 36.4 Å². The van der Waals surface area contributed by atoms with E-state index in [-0.39, 0.29) is 0 Å². The second-order valence-corrected chi connectivity index (χ2v) is 5.65. The second-order valence-electron chi connectivity index (χ2n) is 4.62. The molecule has 2 aromatic carbocycles. The number of nitrogens with two attached hydrogens (primary N) is 1. The average molecular weight is 284 g/mol. The largest absolute Gasteiger partial charge is 0.494 e. The van der Waals surface area contributed by atoms with E-state index in [9.17, 15) is 0 Å². The normalized spacial score (nSPS) is 10.9. The van der Waals surface area contributed by atoms with E-state index in [1.807, 2.05) is 37.3 Å². The highest BCUT2D eigenvalue weighted by molar-refractivity contribution is 7.21. The predicted octanol–water partition coefficient (Wildman–Crippen LogP) is 4.25. The van der Waals surface area contributed by atoms with Crippen LogP contribution in [0.1, 0.15) is 12.5 Å². The molecule has 102 valence electrons. The van der Waals surface area contributed by atoms with Gasteiger partial charge in [-0.1, -0.05) is 12.1 Å². The van der Waals surface area contributed by atoms with Gasteiger partial charge in [0.2, 0.25) is 0 Å². The molecule has 0 spiro atoms. The summed E-state index contributed by atoms with van der Waals surface area (Å²) in [6, 6.07) is 11.9. The Morgan fingerprint density at radius 2 is 2.10 bits per heavy atom. The van der Waals surface area contributed by atoms with E-state index in [4.69, 9.17) is 10.5 Å². The number of hydrogen-bond donors (Lipinski definition) is 1. The minimum absolute atomic E-state index is 0.669. The van der Waals surface area contributed by atoms with Crippen molar-refractivity contribution in [2.75, 3.05) is 12.3 Å². The predicted molar refractivity (Wildman–Crippen MR) is 85.4 cm³/mol. The van der Waals surface area contributed by atoms with Gasteiger partial charge in [-0.2, -0.15) is 0 Å². The van der Waals surface area contributed by atoms with Gasteiger partial charge in [0.1, 0.15) is 10.8 Å². The summed E-state index contributed by atoms with van der Waals surface area (Å²) in [6.45, 7) is 4.71. The van der Waals surface area contributed by atoms with Crippen LogP contribution in [-0.4, -0.2) is 11.6 Å². The zero-order valence-electron chi connectivity index (χ0n) is 11.5. The van der Waals surface area contributed by atoms with Gasteiger partial charge in [0.05, 0.1) is 16.8 Å². The van der Waals surface area contributed by atoms with Crippen LogP contribution in [0.4, 0.5) is 5.69 Å². The molecule has 0 aliphatic carbocycles. The van der Waals surface area contributed by atoms with Crippen LogP contribution in [0.25, 0.3) is 20.8 Å². The molecular formula is C16H16N2OS. The van der Waals surface area contributed by atoms with Crippen molar-refractivity contribution in [2.45, 2.75) is 13.8 Å². The first-order chi connectivity index (χ1) is 9.69. The molecule has 0 aliphatic rings. The summed E-state index contributed by atoms with van der Waals surface area (Å²) in [5, 5.41) is 0.962. The second kappa shape index (κ2) is 5.13. The molecule has 0 aliphatic heterocycles. The molecular weight excluding hydrogens is 268 g/mol. The van der Waals surface area contributed by atoms with Crippen molar-refractivity contribution in [1.29, 1.82) is 0 Å². The minimum atomic E-state index is 0.669. The summed E-state index contributed by atoms with van der Waals surface area (Å²) in [5.74, 6) is 0.882. The van der Waals surface area contributed by atoms with Gasteiger partial charge in [0, 0.05) is 11.3 Å². The molecule has 4 heteroatoms. The van der Waals surface area contributed by atoms with Crippen molar-refractivity contribution < 1.29 is 4.74 Å². The van der Waals surface area contributed by atoms with Crippen molar-refractivity contribution in [3.8, 4) is 16.3 Å². The van der Waals surface area contributed by atoms with E-state index in [1.54, 1.807) is 11.3 Å². The van der Waals surface area contributed by atoms with Gasteiger partial charge in [-0.3, -0.25) is 0 Å². The Bertz CT molecular complexity index is 744. The van der Waals surface area contributed by atoms with Gasteiger partial charge in [-0.25, -0.2) is 4.98 Å². The summed E-state index contributed by atoms with van der Waals surface area (Å²) in [4.78, 5) is 4.69. The van der Waals surface area contributed by atoms with E-state index >= 15 is 0 Å². The maximum Gasteiger partial charge on any atom is 0.126 e. The maximum atomic E-state index is 6.09. The first-order valence-electron chi connectivity index (χ1n) is 6.58. The summed E-state index contributed by atoms with van der Waals surface area (Å²) < 4.78 is 6.65. The Labute approximate surface area is 122 Å². The van der Waals surface area contributed by atoms with Crippen LogP contribution >= 0.6 is 11.3 Å². The number of aromatic nitrogens is 1. The van der Waals surface area contributed by atoms with Gasteiger partial charge in [0.25, 0.3) is 0 Å². The number of benzene rings is 2. The number of hydrogen-bond acceptors (Lipinski definition) is 4. The Morgan fingerprint density at radius 3 is 2.85 bits per heavy atom. The number of nitrogen functional groups attached to an aromatic ring is 1. The first kappa shape index (κ1) is 12.9. The highest BCUT2D eigenvalue weighted by atomic mass is 32.1. The van der Waals surface area contributed by atoms with Crippen molar-refractivity contribution in [3.05, 3.63) is 42.0 Å². The first-order valence-corrected chi connectivity index (χ1v) is 7.39. The summed E-state index contributed by atoms with van der Waals surface area (Å²) in [7, 11) is 0.